The maximum atomic E-state index is 9.38. The van der Waals surface area contributed by atoms with Crippen LogP contribution in [0.3, 0.4) is 0 Å². The third-order valence-electron chi connectivity index (χ3n) is 4.80. The van der Waals surface area contributed by atoms with Crippen LogP contribution in [0.25, 0.3) is 0 Å². The fourth-order valence-electron chi connectivity index (χ4n) is 3.66. The Labute approximate surface area is 115 Å². The van der Waals surface area contributed by atoms with Crippen molar-refractivity contribution in [3.63, 3.8) is 0 Å². The van der Waals surface area contributed by atoms with E-state index in [0.717, 1.165) is 31.4 Å². The van der Waals surface area contributed by atoms with Crippen LogP contribution in [0, 0.1) is 5.41 Å². The second kappa shape index (κ2) is 4.38. The summed E-state index contributed by atoms with van der Waals surface area (Å²) in [5, 5.41) is 9.38. The molecule has 2 heteroatoms. The molecule has 0 aliphatic heterocycles. The summed E-state index contributed by atoms with van der Waals surface area (Å²) in [4.78, 5) is 0. The molecule has 0 saturated heterocycles. The first-order valence-corrected chi connectivity index (χ1v) is 7.10. The molecule has 0 aromatic heterocycles. The molecule has 0 aromatic rings. The summed E-state index contributed by atoms with van der Waals surface area (Å²) in [6, 6.07) is 0. The molecule has 102 valence electrons. The lowest BCUT2D eigenvalue weighted by molar-refractivity contribution is 0.274. The Morgan fingerprint density at radius 3 is 2.32 bits per heavy atom. The Kier molecular flexibility index (Phi) is 2.94. The van der Waals surface area contributed by atoms with E-state index in [-0.39, 0.29) is 12.0 Å². The van der Waals surface area contributed by atoms with E-state index < -0.39 is 0 Å². The van der Waals surface area contributed by atoms with Crippen LogP contribution in [0.1, 0.15) is 39.5 Å². The van der Waals surface area contributed by atoms with Crippen molar-refractivity contribution in [1.82, 2.24) is 0 Å². The van der Waals surface area contributed by atoms with Gasteiger partial charge in [-0.2, -0.15) is 0 Å². The van der Waals surface area contributed by atoms with Gasteiger partial charge in [0.05, 0.1) is 19.5 Å². The molecule has 0 spiro atoms. The van der Waals surface area contributed by atoms with Gasteiger partial charge in [-0.25, -0.2) is 0 Å². The van der Waals surface area contributed by atoms with Crippen molar-refractivity contribution in [3.05, 3.63) is 45.8 Å². The van der Waals surface area contributed by atoms with Crippen LogP contribution >= 0.6 is 0 Å². The Hall–Kier alpha value is -1.28. The van der Waals surface area contributed by atoms with E-state index >= 15 is 0 Å². The number of ether oxygens (including phenoxy) is 1. The zero-order valence-corrected chi connectivity index (χ0v) is 12.0. The second-order valence-electron chi connectivity index (χ2n) is 6.18. The normalized spacial score (nSPS) is 24.8. The van der Waals surface area contributed by atoms with Gasteiger partial charge in [0.1, 0.15) is 0 Å². The molecule has 1 N–H and O–H groups in total. The Morgan fingerprint density at radius 1 is 1.05 bits per heavy atom. The number of aliphatic hydroxyl groups is 1. The first-order valence-electron chi connectivity index (χ1n) is 7.10. The van der Waals surface area contributed by atoms with Gasteiger partial charge in [0.25, 0.3) is 0 Å². The summed E-state index contributed by atoms with van der Waals surface area (Å²) in [6.45, 7) is 4.77. The van der Waals surface area contributed by atoms with Gasteiger partial charge in [-0.05, 0) is 53.2 Å². The molecule has 0 saturated carbocycles. The average Bonchev–Trinajstić information content (AvgIpc) is 2.67. The lowest BCUT2D eigenvalue weighted by atomic mass is 9.77. The summed E-state index contributed by atoms with van der Waals surface area (Å²) in [5.41, 5.74) is 7.13. The van der Waals surface area contributed by atoms with Crippen LogP contribution < -0.4 is 0 Å². The maximum Gasteiger partial charge on any atom is 0.0961 e. The van der Waals surface area contributed by atoms with Crippen LogP contribution in [0.4, 0.5) is 0 Å². The second-order valence-corrected chi connectivity index (χ2v) is 6.18. The van der Waals surface area contributed by atoms with Gasteiger partial charge < -0.3 is 9.84 Å². The number of hydrogen-bond donors (Lipinski definition) is 1. The van der Waals surface area contributed by atoms with Crippen molar-refractivity contribution >= 4 is 0 Å². The predicted octanol–water partition coefficient (Wildman–Crippen LogP) is 3.66. The first kappa shape index (κ1) is 12.7. The van der Waals surface area contributed by atoms with Crippen LogP contribution in [0.5, 0.6) is 0 Å². The molecule has 0 unspecified atom stereocenters. The monoisotopic (exact) mass is 258 g/mol. The highest BCUT2D eigenvalue weighted by Crippen LogP contribution is 2.54. The third kappa shape index (κ3) is 1.81. The number of fused-ring (bicyclic) bond motifs is 1. The highest BCUT2D eigenvalue weighted by molar-refractivity contribution is 5.62. The van der Waals surface area contributed by atoms with Crippen molar-refractivity contribution in [2.45, 2.75) is 39.5 Å². The summed E-state index contributed by atoms with van der Waals surface area (Å²) in [7, 11) is 1.76. The van der Waals surface area contributed by atoms with Crippen LogP contribution in [0.2, 0.25) is 0 Å². The van der Waals surface area contributed by atoms with Gasteiger partial charge >= 0.3 is 0 Å². The van der Waals surface area contributed by atoms with Gasteiger partial charge in [0, 0.05) is 11.8 Å². The van der Waals surface area contributed by atoms with Crippen molar-refractivity contribution in [1.29, 1.82) is 0 Å². The molecular formula is C17H22O2. The van der Waals surface area contributed by atoms with Gasteiger partial charge in [0.2, 0.25) is 0 Å². The Balaban J connectivity index is 2.08. The number of aliphatic hydroxyl groups excluding tert-OH is 1. The van der Waals surface area contributed by atoms with Crippen molar-refractivity contribution in [2.24, 2.45) is 5.41 Å². The Morgan fingerprint density at radius 2 is 1.68 bits per heavy atom. The molecule has 0 atom stereocenters. The van der Waals surface area contributed by atoms with E-state index in [1.54, 1.807) is 7.11 Å². The topological polar surface area (TPSA) is 29.5 Å². The van der Waals surface area contributed by atoms with E-state index in [1.165, 1.54) is 27.9 Å². The number of hydrogen-bond acceptors (Lipinski definition) is 2. The first-order chi connectivity index (χ1) is 9.07. The zero-order chi connectivity index (χ0) is 13.6. The zero-order valence-electron chi connectivity index (χ0n) is 12.0. The number of methoxy groups -OCH3 is 1. The summed E-state index contributed by atoms with van der Waals surface area (Å²) >= 11 is 0. The minimum absolute atomic E-state index is 0.0513. The molecule has 19 heavy (non-hydrogen) atoms. The molecule has 0 radical (unpaired) electrons. The molecule has 3 rings (SSSR count). The third-order valence-corrected chi connectivity index (χ3v) is 4.80. The highest BCUT2D eigenvalue weighted by atomic mass is 16.5. The summed E-state index contributed by atoms with van der Waals surface area (Å²) in [5.74, 6) is 1.10. The fraction of sp³-hybridized carbons (Fsp3) is 0.529. The molecule has 3 aliphatic rings. The molecule has 0 aromatic carbocycles. The van der Waals surface area contributed by atoms with Gasteiger partial charge in [-0.3, -0.25) is 0 Å². The van der Waals surface area contributed by atoms with E-state index in [2.05, 4.69) is 26.0 Å². The number of allylic oxidation sites excluding steroid dienone is 7. The fourth-order valence-corrected chi connectivity index (χ4v) is 3.66. The lowest BCUT2D eigenvalue weighted by Crippen LogP contribution is -2.16. The van der Waals surface area contributed by atoms with Crippen LogP contribution in [-0.2, 0) is 4.74 Å². The molecule has 3 aliphatic carbocycles. The molecular weight excluding hydrogens is 236 g/mol. The largest absolute Gasteiger partial charge is 0.501 e. The van der Waals surface area contributed by atoms with E-state index in [0.29, 0.717) is 0 Å². The standard InChI is InChI=1S/C17H22O2/c1-17(2)15-8-11(10-18)4-6-13(15)14-7-5-12(19-3)9-16(14)17/h8-9,18H,4-7,10H2,1-3H3. The van der Waals surface area contributed by atoms with Crippen molar-refractivity contribution < 1.29 is 9.84 Å². The van der Waals surface area contributed by atoms with Gasteiger partial charge in [0.15, 0.2) is 0 Å². The van der Waals surface area contributed by atoms with Crippen LogP contribution in [0.15, 0.2) is 45.8 Å². The van der Waals surface area contributed by atoms with E-state index in [9.17, 15) is 5.11 Å². The molecule has 2 nitrogen and oxygen atoms in total. The summed E-state index contributed by atoms with van der Waals surface area (Å²) in [6.07, 6.45) is 8.67. The maximum absolute atomic E-state index is 9.38. The predicted molar refractivity (Wildman–Crippen MR) is 76.6 cm³/mol. The Bertz CT molecular complexity index is 494. The van der Waals surface area contributed by atoms with Crippen LogP contribution in [-0.4, -0.2) is 18.8 Å². The van der Waals surface area contributed by atoms with Gasteiger partial charge in [-0.15, -0.1) is 0 Å². The van der Waals surface area contributed by atoms with Crippen molar-refractivity contribution in [2.75, 3.05) is 13.7 Å². The average molecular weight is 258 g/mol. The van der Waals surface area contributed by atoms with E-state index in [1.807, 2.05) is 0 Å². The minimum Gasteiger partial charge on any atom is -0.501 e. The molecule has 0 bridgehead atoms. The van der Waals surface area contributed by atoms with E-state index in [4.69, 9.17) is 4.74 Å². The van der Waals surface area contributed by atoms with Gasteiger partial charge in [-0.1, -0.05) is 19.9 Å². The summed E-state index contributed by atoms with van der Waals surface area (Å²) < 4.78 is 5.44. The molecule has 0 fully saturated rings. The quantitative estimate of drug-likeness (QED) is 0.819. The molecule has 0 heterocycles. The lowest BCUT2D eigenvalue weighted by Gasteiger charge is -2.27. The SMILES string of the molecule is COC1=CC2=C(CC1)C1=C(C=C(CO)CC1)C2(C)C. The van der Waals surface area contributed by atoms with Crippen molar-refractivity contribution in [3.8, 4) is 0 Å². The minimum atomic E-state index is 0.0513. The highest BCUT2D eigenvalue weighted by Gasteiger charge is 2.40. The molecule has 0 amide bonds. The smallest absolute Gasteiger partial charge is 0.0961 e. The number of rotatable bonds is 2.